The highest BCUT2D eigenvalue weighted by atomic mass is 16.3. The Hall–Kier alpha value is -1.88. The summed E-state index contributed by atoms with van der Waals surface area (Å²) in [5.41, 5.74) is 5.83. The molecule has 0 aliphatic rings. The van der Waals surface area contributed by atoms with E-state index >= 15 is 0 Å². The van der Waals surface area contributed by atoms with Crippen LogP contribution in [0.15, 0.2) is 30.3 Å². The van der Waals surface area contributed by atoms with Gasteiger partial charge in [0, 0.05) is 12.2 Å². The number of aliphatic hydroxyl groups excluding tert-OH is 1. The minimum atomic E-state index is -1.12. The molecule has 0 saturated heterocycles. The highest BCUT2D eigenvalue weighted by Crippen LogP contribution is 2.16. The van der Waals surface area contributed by atoms with Gasteiger partial charge in [-0.25, -0.2) is 0 Å². The molecule has 1 aromatic carbocycles. The molecule has 0 aliphatic heterocycles. The first kappa shape index (κ1) is 14.2. The number of benzene rings is 1. The molecule has 5 nitrogen and oxygen atoms in total. The Morgan fingerprint density at radius 2 is 1.83 bits per heavy atom. The van der Waals surface area contributed by atoms with E-state index in [-0.39, 0.29) is 6.54 Å². The molecule has 0 radical (unpaired) electrons. The summed E-state index contributed by atoms with van der Waals surface area (Å²) in [6, 6.07) is 8.88. The van der Waals surface area contributed by atoms with Crippen molar-refractivity contribution in [1.82, 2.24) is 0 Å². The molecule has 0 heterocycles. The summed E-state index contributed by atoms with van der Waals surface area (Å²) in [4.78, 5) is 24.4. The Morgan fingerprint density at radius 3 is 2.28 bits per heavy atom. The van der Waals surface area contributed by atoms with E-state index < -0.39 is 23.8 Å². The number of primary amides is 1. The molecule has 0 saturated carbocycles. The molecule has 5 heteroatoms. The summed E-state index contributed by atoms with van der Waals surface area (Å²) in [6.07, 6.45) is -1.12. The van der Waals surface area contributed by atoms with Crippen LogP contribution in [-0.2, 0) is 9.59 Å². The zero-order chi connectivity index (χ0) is 13.7. The predicted molar refractivity (Wildman–Crippen MR) is 68.8 cm³/mol. The summed E-state index contributed by atoms with van der Waals surface area (Å²) in [6.45, 7) is 3.20. The highest BCUT2D eigenvalue weighted by Gasteiger charge is 2.23. The number of nitrogens with two attached hydrogens (primary N) is 1. The third-order valence-electron chi connectivity index (χ3n) is 2.63. The number of aliphatic hydroxyl groups is 1. The molecule has 2 atom stereocenters. The van der Waals surface area contributed by atoms with Gasteiger partial charge in [-0.3, -0.25) is 9.59 Å². The number of carbonyl (C=O) groups is 2. The predicted octanol–water partition coefficient (Wildman–Crippen LogP) is 0.522. The first-order valence-corrected chi connectivity index (χ1v) is 5.77. The number of nitrogens with zero attached hydrogens (tertiary/aromatic N) is 1. The van der Waals surface area contributed by atoms with Crippen LogP contribution in [0.1, 0.15) is 13.8 Å². The molecule has 3 N–H and O–H groups in total. The Morgan fingerprint density at radius 1 is 1.28 bits per heavy atom. The number of amides is 2. The largest absolute Gasteiger partial charge is 0.384 e. The van der Waals surface area contributed by atoms with Crippen LogP contribution in [0.5, 0.6) is 0 Å². The maximum atomic E-state index is 11.9. The van der Waals surface area contributed by atoms with Gasteiger partial charge in [-0.1, -0.05) is 25.1 Å². The summed E-state index contributed by atoms with van der Waals surface area (Å²) >= 11 is 0. The zero-order valence-electron chi connectivity index (χ0n) is 10.5. The fourth-order valence-electron chi connectivity index (χ4n) is 1.52. The SMILES string of the molecule is CC(O)C(=O)N(C[C@@H](C)C(N)=O)c1ccccc1. The van der Waals surface area contributed by atoms with Crippen LogP contribution >= 0.6 is 0 Å². The van der Waals surface area contributed by atoms with Crippen molar-refractivity contribution in [3.63, 3.8) is 0 Å². The molecule has 18 heavy (non-hydrogen) atoms. The van der Waals surface area contributed by atoms with E-state index in [1.807, 2.05) is 6.07 Å². The number of anilines is 1. The molecule has 0 aliphatic carbocycles. The van der Waals surface area contributed by atoms with Crippen molar-refractivity contribution in [3.8, 4) is 0 Å². The molecule has 98 valence electrons. The highest BCUT2D eigenvalue weighted by molar-refractivity contribution is 5.96. The van der Waals surface area contributed by atoms with Crippen LogP contribution in [0.3, 0.4) is 0 Å². The summed E-state index contributed by atoms with van der Waals surface area (Å²) in [5.74, 6) is -1.41. The number of rotatable bonds is 5. The van der Waals surface area contributed by atoms with Crippen LogP contribution in [-0.4, -0.2) is 29.6 Å². The van der Waals surface area contributed by atoms with Crippen molar-refractivity contribution in [2.75, 3.05) is 11.4 Å². The van der Waals surface area contributed by atoms with E-state index in [1.165, 1.54) is 11.8 Å². The molecule has 0 spiro atoms. The maximum Gasteiger partial charge on any atom is 0.255 e. The van der Waals surface area contributed by atoms with Gasteiger partial charge in [0.1, 0.15) is 6.10 Å². The topological polar surface area (TPSA) is 83.6 Å². The number of hydrogen-bond acceptors (Lipinski definition) is 3. The molecular weight excluding hydrogens is 232 g/mol. The molecule has 2 amide bonds. The van der Waals surface area contributed by atoms with E-state index in [1.54, 1.807) is 31.2 Å². The van der Waals surface area contributed by atoms with Gasteiger partial charge in [0.2, 0.25) is 5.91 Å². The van der Waals surface area contributed by atoms with Crippen molar-refractivity contribution in [1.29, 1.82) is 0 Å². The number of para-hydroxylation sites is 1. The van der Waals surface area contributed by atoms with Gasteiger partial charge in [0.25, 0.3) is 5.91 Å². The average Bonchev–Trinajstić information content (AvgIpc) is 2.35. The van der Waals surface area contributed by atoms with Crippen LogP contribution in [0.2, 0.25) is 0 Å². The fourth-order valence-corrected chi connectivity index (χ4v) is 1.52. The smallest absolute Gasteiger partial charge is 0.255 e. The third kappa shape index (κ3) is 3.56. The lowest BCUT2D eigenvalue weighted by Gasteiger charge is -2.26. The number of hydrogen-bond donors (Lipinski definition) is 2. The van der Waals surface area contributed by atoms with E-state index in [4.69, 9.17) is 5.73 Å². The molecule has 1 unspecified atom stereocenters. The minimum absolute atomic E-state index is 0.156. The second kappa shape index (κ2) is 6.16. The quantitative estimate of drug-likeness (QED) is 0.799. The van der Waals surface area contributed by atoms with Gasteiger partial charge < -0.3 is 15.7 Å². The van der Waals surface area contributed by atoms with Gasteiger partial charge in [0.15, 0.2) is 0 Å². The van der Waals surface area contributed by atoms with Crippen molar-refractivity contribution >= 4 is 17.5 Å². The lowest BCUT2D eigenvalue weighted by atomic mass is 10.1. The lowest BCUT2D eigenvalue weighted by molar-refractivity contribution is -0.126. The van der Waals surface area contributed by atoms with Gasteiger partial charge in [-0.15, -0.1) is 0 Å². The first-order valence-electron chi connectivity index (χ1n) is 5.77. The van der Waals surface area contributed by atoms with E-state index in [0.717, 1.165) is 0 Å². The summed E-state index contributed by atoms with van der Waals surface area (Å²) in [5, 5.41) is 9.40. The average molecular weight is 250 g/mol. The maximum absolute atomic E-state index is 11.9. The van der Waals surface area contributed by atoms with Crippen molar-refractivity contribution in [2.24, 2.45) is 11.7 Å². The zero-order valence-corrected chi connectivity index (χ0v) is 10.5. The van der Waals surface area contributed by atoms with Crippen molar-refractivity contribution < 1.29 is 14.7 Å². The Bertz CT molecular complexity index is 418. The summed E-state index contributed by atoms with van der Waals surface area (Å²) < 4.78 is 0. The Labute approximate surface area is 106 Å². The monoisotopic (exact) mass is 250 g/mol. The molecule has 0 fully saturated rings. The van der Waals surface area contributed by atoms with E-state index in [2.05, 4.69) is 0 Å². The van der Waals surface area contributed by atoms with Crippen LogP contribution in [0.4, 0.5) is 5.69 Å². The summed E-state index contributed by atoms with van der Waals surface area (Å²) in [7, 11) is 0. The van der Waals surface area contributed by atoms with Gasteiger partial charge in [-0.05, 0) is 19.1 Å². The second-order valence-corrected chi connectivity index (χ2v) is 4.26. The molecule has 1 aromatic rings. The van der Waals surface area contributed by atoms with Crippen molar-refractivity contribution in [3.05, 3.63) is 30.3 Å². The van der Waals surface area contributed by atoms with Crippen molar-refractivity contribution in [2.45, 2.75) is 20.0 Å². The molecule has 1 rings (SSSR count). The second-order valence-electron chi connectivity index (χ2n) is 4.26. The van der Waals surface area contributed by atoms with Gasteiger partial charge in [0.05, 0.1) is 5.92 Å². The molecular formula is C13H18N2O3. The Kier molecular flexibility index (Phi) is 4.85. The van der Waals surface area contributed by atoms with Gasteiger partial charge >= 0.3 is 0 Å². The molecule has 0 bridgehead atoms. The van der Waals surface area contributed by atoms with E-state index in [0.29, 0.717) is 5.69 Å². The first-order chi connectivity index (χ1) is 8.43. The minimum Gasteiger partial charge on any atom is -0.384 e. The molecule has 0 aromatic heterocycles. The lowest BCUT2D eigenvalue weighted by Crippen LogP contribution is -2.43. The standard InChI is InChI=1S/C13H18N2O3/c1-9(12(14)17)8-15(13(18)10(2)16)11-6-4-3-5-7-11/h3-7,9-10,16H,8H2,1-2H3,(H2,14,17)/t9-,10?/m1/s1. The van der Waals surface area contributed by atoms with Crippen LogP contribution < -0.4 is 10.6 Å². The van der Waals surface area contributed by atoms with Crippen LogP contribution in [0.25, 0.3) is 0 Å². The van der Waals surface area contributed by atoms with Crippen LogP contribution in [0, 0.1) is 5.92 Å². The van der Waals surface area contributed by atoms with E-state index in [9.17, 15) is 14.7 Å². The van der Waals surface area contributed by atoms with Gasteiger partial charge in [-0.2, -0.15) is 0 Å². The Balaban J connectivity index is 2.96. The number of carbonyl (C=O) groups excluding carboxylic acids is 2. The normalized spacial score (nSPS) is 13.7. The third-order valence-corrected chi connectivity index (χ3v) is 2.63. The fraction of sp³-hybridized carbons (Fsp3) is 0.385.